The number of carbonyl (C=O) groups excluding carboxylic acids is 4. The smallest absolute Gasteiger partial charge is 0.247 e. The number of methoxy groups -OCH3 is 4. The van der Waals surface area contributed by atoms with Crippen molar-refractivity contribution in [3.05, 3.63) is 246 Å². The summed E-state index contributed by atoms with van der Waals surface area (Å²) in [6.07, 6.45) is 36.3. The molecule has 3 fully saturated rings. The van der Waals surface area contributed by atoms with Gasteiger partial charge in [-0.15, -0.1) is 15.3 Å². The third-order valence-electron chi connectivity index (χ3n) is 26.7. The average Bonchev–Trinajstić information content (AvgIpc) is 1.26. The minimum Gasteiger partial charge on any atom is -0.494 e. The highest BCUT2D eigenvalue weighted by atomic mass is 16.5. The zero-order valence-electron chi connectivity index (χ0n) is 87.6. The molecule has 40 heteroatoms. The van der Waals surface area contributed by atoms with Crippen molar-refractivity contribution in [1.82, 2.24) is 96.0 Å². The molecule has 40 nitrogen and oxygen atoms in total. The second kappa shape index (κ2) is 46.9. The predicted octanol–water partition coefficient (Wildman–Crippen LogP) is 15.6. The van der Waals surface area contributed by atoms with Crippen LogP contribution in [0.15, 0.2) is 241 Å². The highest BCUT2D eigenvalue weighted by Crippen LogP contribution is 2.45. The van der Waals surface area contributed by atoms with Crippen LogP contribution >= 0.6 is 0 Å². The number of anilines is 16. The standard InChI is InChI=1S/2C28H34N8O2.C27H34N8O2.C26H30N8O2/c1-6-28(37)32-21-13-22(25(38-5)14-23(21)35-11-8-20(9-12-35)33(2)3)31-26-18-36-24(15-30-27(36)16-29-26)19-7-10-34(4)17-19;1-6-27(37)30-22-15-23(26(38-5)16-25(22)35-13-10-20(11-14-35)33(2)3)31-28-29-17-21-7-8-24(36(21)32-28)19-9-12-34(4)18-19;1-8-26(36)29-20-14-21(25(37-7)15-23(20)34(6)12-11-32(3)4)30-27-28-16-24-18(2)13-22(35(24)31-27)19-9-10-33(5)17-19;1-5-25(35)28-20-14-21(24(36-4)15-23(20)33-12-10-31(2)11-13-33)29-26-27-16-19-6-7-22(34(19)30-26)18-8-9-32(3)17-18/h6-7,10,13-18,20,31H,1,8-9,11-12H2,2-5H3,(H,32,37);6-9,12,15-18,20H,1,10-11,13-14H2,2-5H3,(H,30,37)(H,31,32);8-10,13-17H,1,11-12H2,2-7H3,(H,29,36)(H,30,31);5-9,14-17H,1,10-13H2,2-4H3,(H,28,35)(H,29,30). The van der Waals surface area contributed by atoms with Crippen molar-refractivity contribution in [3.8, 4) is 68.0 Å². The first-order chi connectivity index (χ1) is 71.8. The Hall–Kier alpha value is -17.2. The first-order valence-corrected chi connectivity index (χ1v) is 49.1. The lowest BCUT2D eigenvalue weighted by Gasteiger charge is -2.37. The number of hydrogen-bond donors (Lipinski definition) is 8. The molecule has 19 rings (SSSR count). The molecule has 0 aliphatic carbocycles. The van der Waals surface area contributed by atoms with E-state index in [1.165, 1.54) is 24.3 Å². The van der Waals surface area contributed by atoms with Gasteiger partial charge in [-0.2, -0.15) is 0 Å². The number of aryl methyl sites for hydroxylation is 5. The number of piperazine rings is 1. The van der Waals surface area contributed by atoms with E-state index in [-0.39, 0.29) is 23.6 Å². The monoisotopic (exact) mass is 2020 g/mol. The number of imidazole rings is 1. The SMILES string of the molecule is C=CC(=O)Nc1cc(Nc2cn3c(-c4ccn(C)c4)cnc3cn2)c(OC)cc1N1CCC(N(C)C)CC1.C=CC(=O)Nc1cc(Nc2ncc3c(C)cc(-c4ccn(C)c4)n3n2)c(OC)cc1N(C)CCN(C)C.C=CC(=O)Nc1cc(Nc2ncc3ccc(-c4ccn(C)c4)n3n2)c(OC)cc1N1CCC(N(C)C)CC1.C=CC(=O)Nc1cc(Nc2ncc3ccc(-c4ccn(C)c4)n3n2)c(OC)cc1N1CCN(C)CC1. The van der Waals surface area contributed by atoms with Crippen LogP contribution in [0.2, 0.25) is 0 Å². The number of hydrogen-bond acceptors (Lipinski definition) is 28. The topological polar surface area (TPSA) is 368 Å². The maximum Gasteiger partial charge on any atom is 0.247 e. The molecule has 0 atom stereocenters. The van der Waals surface area contributed by atoms with E-state index in [1.54, 1.807) is 53.2 Å². The fourth-order valence-electron chi connectivity index (χ4n) is 18.4. The van der Waals surface area contributed by atoms with E-state index in [1.807, 2.05) is 215 Å². The molecule has 4 amide bonds. The maximum absolute atomic E-state index is 12.3. The number of aromatic nitrogens is 16. The quantitative estimate of drug-likeness (QED) is 0.0177. The van der Waals surface area contributed by atoms with E-state index in [0.29, 0.717) is 104 Å². The van der Waals surface area contributed by atoms with Gasteiger partial charge < -0.3 is 119 Å². The number of ether oxygens (including phenoxy) is 4. The van der Waals surface area contributed by atoms with Gasteiger partial charge in [0.2, 0.25) is 41.5 Å². The van der Waals surface area contributed by atoms with Crippen molar-refractivity contribution >= 4 is 138 Å². The van der Waals surface area contributed by atoms with Gasteiger partial charge in [-0.25, -0.2) is 38.5 Å². The Morgan fingerprint density at radius 3 is 1.15 bits per heavy atom. The molecule has 12 aromatic heterocycles. The van der Waals surface area contributed by atoms with Crippen molar-refractivity contribution in [1.29, 1.82) is 0 Å². The summed E-state index contributed by atoms with van der Waals surface area (Å²) in [5.74, 6) is 3.21. The van der Waals surface area contributed by atoms with Crippen LogP contribution < -0.4 is 81.1 Å². The predicted molar refractivity (Wildman–Crippen MR) is 594 cm³/mol. The largest absolute Gasteiger partial charge is 0.494 e. The first-order valence-electron chi connectivity index (χ1n) is 49.1. The molecular formula is C109H132N32O8. The van der Waals surface area contributed by atoms with Gasteiger partial charge in [0.15, 0.2) is 5.65 Å². The Balaban J connectivity index is 0.000000142. The molecule has 149 heavy (non-hydrogen) atoms. The Bertz CT molecular complexity index is 7310. The van der Waals surface area contributed by atoms with Crippen LogP contribution in [0, 0.1) is 6.92 Å². The summed E-state index contributed by atoms with van der Waals surface area (Å²) in [6.45, 7) is 25.2. The van der Waals surface area contributed by atoms with E-state index in [2.05, 4.69) is 211 Å². The van der Waals surface area contributed by atoms with Crippen molar-refractivity contribution in [2.75, 3.05) is 212 Å². The second-order valence-electron chi connectivity index (χ2n) is 37.7. The number of likely N-dealkylation sites (N-methyl/N-ethyl adjacent to an activating group) is 3. The molecule has 15 heterocycles. The average molecular weight is 2020 g/mol. The van der Waals surface area contributed by atoms with Crippen LogP contribution in [-0.2, 0) is 47.4 Å². The molecule has 0 saturated carbocycles. The van der Waals surface area contributed by atoms with Gasteiger partial charge in [-0.1, -0.05) is 26.3 Å². The van der Waals surface area contributed by atoms with Crippen LogP contribution in [0.3, 0.4) is 0 Å². The maximum atomic E-state index is 12.3. The van der Waals surface area contributed by atoms with E-state index < -0.39 is 0 Å². The zero-order chi connectivity index (χ0) is 106. The Morgan fingerprint density at radius 1 is 0.383 bits per heavy atom. The third-order valence-corrected chi connectivity index (χ3v) is 26.7. The summed E-state index contributed by atoms with van der Waals surface area (Å²) in [5, 5.41) is 39.3. The molecule has 0 bridgehead atoms. The van der Waals surface area contributed by atoms with Gasteiger partial charge in [0, 0.05) is 209 Å². The molecule has 3 aliphatic rings. The summed E-state index contributed by atoms with van der Waals surface area (Å²) in [6, 6.07) is 34.6. The summed E-state index contributed by atoms with van der Waals surface area (Å²) in [7, 11) is 31.1. The summed E-state index contributed by atoms with van der Waals surface area (Å²) >= 11 is 0. The van der Waals surface area contributed by atoms with E-state index in [4.69, 9.17) is 34.2 Å². The summed E-state index contributed by atoms with van der Waals surface area (Å²) in [5.41, 5.74) is 21.4. The Kier molecular flexibility index (Phi) is 32.9. The highest BCUT2D eigenvalue weighted by Gasteiger charge is 2.30. The molecule has 16 aromatic rings. The van der Waals surface area contributed by atoms with Gasteiger partial charge in [0.1, 0.15) is 28.8 Å². The van der Waals surface area contributed by atoms with Gasteiger partial charge >= 0.3 is 0 Å². The lowest BCUT2D eigenvalue weighted by Crippen LogP contribution is -2.44. The Labute approximate surface area is 866 Å². The number of piperidine rings is 2. The molecule has 0 spiro atoms. The van der Waals surface area contributed by atoms with E-state index in [0.717, 1.165) is 187 Å². The Morgan fingerprint density at radius 2 is 0.758 bits per heavy atom. The van der Waals surface area contributed by atoms with Crippen molar-refractivity contribution < 1.29 is 38.1 Å². The number of rotatable bonds is 33. The van der Waals surface area contributed by atoms with Crippen LogP contribution in [-0.4, -0.2) is 282 Å². The number of nitrogens with one attached hydrogen (secondary N) is 8. The fraction of sp³-hybridized carbons (Fsp3) is 0.303. The lowest BCUT2D eigenvalue weighted by molar-refractivity contribution is -0.112. The number of carbonyl (C=O) groups is 4. The molecule has 3 aliphatic heterocycles. The van der Waals surface area contributed by atoms with Gasteiger partial charge in [0.25, 0.3) is 0 Å². The molecule has 3 saturated heterocycles. The number of benzene rings is 4. The molecule has 8 N–H and O–H groups in total. The normalized spacial score (nSPS) is 13.4. The minimum absolute atomic E-state index is 0.268. The van der Waals surface area contributed by atoms with Crippen molar-refractivity contribution in [2.45, 2.75) is 44.7 Å². The number of amides is 4. The molecule has 776 valence electrons. The number of nitrogens with zero attached hydrogens (tertiary/aromatic N) is 24. The van der Waals surface area contributed by atoms with E-state index >= 15 is 0 Å². The van der Waals surface area contributed by atoms with Crippen LogP contribution in [0.5, 0.6) is 23.0 Å². The molecule has 0 radical (unpaired) electrons. The van der Waals surface area contributed by atoms with Crippen molar-refractivity contribution in [3.63, 3.8) is 0 Å². The lowest BCUT2D eigenvalue weighted by atomic mass is 10.0. The highest BCUT2D eigenvalue weighted by molar-refractivity contribution is 6.05. The minimum atomic E-state index is -0.300. The van der Waals surface area contributed by atoms with E-state index in [9.17, 15) is 19.2 Å². The van der Waals surface area contributed by atoms with Crippen LogP contribution in [0.1, 0.15) is 31.2 Å². The first kappa shape index (κ1) is 105. The van der Waals surface area contributed by atoms with Gasteiger partial charge in [0.05, 0.1) is 173 Å². The van der Waals surface area contributed by atoms with Crippen LogP contribution in [0.4, 0.5) is 91.9 Å². The van der Waals surface area contributed by atoms with Crippen LogP contribution in [0.25, 0.3) is 67.2 Å². The number of fused-ring (bicyclic) bond motifs is 4. The second-order valence-corrected chi connectivity index (χ2v) is 37.7. The summed E-state index contributed by atoms with van der Waals surface area (Å²) < 4.78 is 38.6. The fourth-order valence-corrected chi connectivity index (χ4v) is 18.4. The zero-order valence-corrected chi connectivity index (χ0v) is 87.6. The molecular weight excluding hydrogens is 1890 g/mol. The van der Waals surface area contributed by atoms with Gasteiger partial charge in [-0.3, -0.25) is 23.6 Å². The molecule has 0 unspecified atom stereocenters. The van der Waals surface area contributed by atoms with Crippen molar-refractivity contribution in [2.24, 2.45) is 28.2 Å². The summed E-state index contributed by atoms with van der Waals surface area (Å²) in [4.78, 5) is 89.6. The van der Waals surface area contributed by atoms with Gasteiger partial charge in [-0.05, 0) is 191 Å². The molecule has 4 aromatic carbocycles. The third kappa shape index (κ3) is 24.6.